The monoisotopic (exact) mass is 510 g/mol. The molecule has 0 fully saturated rings. The molecule has 0 atom stereocenters. The minimum Gasteiger partial charge on any atom is -0.355 e. The maximum Gasteiger partial charge on any atom is 0.265 e. The van der Waals surface area contributed by atoms with E-state index in [4.69, 9.17) is 0 Å². The van der Waals surface area contributed by atoms with Gasteiger partial charge in [-0.05, 0) is 42.2 Å². The first-order valence-electron chi connectivity index (χ1n) is 12.5. The van der Waals surface area contributed by atoms with Crippen molar-refractivity contribution in [1.82, 2.24) is 26.2 Å². The van der Waals surface area contributed by atoms with Crippen LogP contribution in [0.4, 0.5) is 5.69 Å². The number of hydrogen-bond acceptors (Lipinski definition) is 6. The number of likely N-dealkylation sites (N-methyl/N-ethyl adjacent to an activating group) is 1. The van der Waals surface area contributed by atoms with Crippen LogP contribution in [0, 0.1) is 6.92 Å². The summed E-state index contributed by atoms with van der Waals surface area (Å²) in [5.74, 6) is -0.577. The van der Waals surface area contributed by atoms with Crippen molar-refractivity contribution in [1.29, 1.82) is 0 Å². The zero-order chi connectivity index (χ0) is 26.1. The summed E-state index contributed by atoms with van der Waals surface area (Å²) in [4.78, 5) is 40.4. The highest BCUT2D eigenvalue weighted by Crippen LogP contribution is 2.25. The Morgan fingerprint density at radius 1 is 1.00 bits per heavy atom. The molecule has 9 nitrogen and oxygen atoms in total. The highest BCUT2D eigenvalue weighted by atomic mass is 16.2. The summed E-state index contributed by atoms with van der Waals surface area (Å²) < 4.78 is 0. The van der Waals surface area contributed by atoms with Gasteiger partial charge in [0.2, 0.25) is 5.91 Å². The first-order chi connectivity index (χ1) is 17.3. The Balaban J connectivity index is 0.00000481. The second-order valence-electron chi connectivity index (χ2n) is 9.13. The van der Waals surface area contributed by atoms with E-state index in [1.54, 1.807) is 36.1 Å². The predicted octanol–water partition coefficient (Wildman–Crippen LogP) is 3.00. The first kappa shape index (κ1) is 29.8. The van der Waals surface area contributed by atoms with Crippen molar-refractivity contribution >= 4 is 23.4 Å². The van der Waals surface area contributed by atoms with Crippen LogP contribution in [0.2, 0.25) is 0 Å². The Morgan fingerprint density at radius 2 is 1.68 bits per heavy atom. The van der Waals surface area contributed by atoms with Gasteiger partial charge in [0.1, 0.15) is 0 Å². The van der Waals surface area contributed by atoms with Gasteiger partial charge in [-0.15, -0.1) is 0 Å². The summed E-state index contributed by atoms with van der Waals surface area (Å²) in [6.07, 6.45) is 3.04. The number of fused-ring (bicyclic) bond motifs is 1. The first-order valence-corrected chi connectivity index (χ1v) is 12.5. The lowest BCUT2D eigenvalue weighted by atomic mass is 10.1. The molecule has 2 aromatic rings. The summed E-state index contributed by atoms with van der Waals surface area (Å²) in [5, 5.41) is 6.60. The van der Waals surface area contributed by atoms with Crippen LogP contribution in [0.15, 0.2) is 42.5 Å². The molecule has 0 aromatic heterocycles. The molecule has 0 radical (unpaired) electrons. The van der Waals surface area contributed by atoms with Crippen LogP contribution in [0.3, 0.4) is 0 Å². The van der Waals surface area contributed by atoms with E-state index in [2.05, 4.69) is 35.2 Å². The third kappa shape index (κ3) is 8.03. The maximum atomic E-state index is 13.4. The van der Waals surface area contributed by atoms with Crippen molar-refractivity contribution in [2.75, 3.05) is 38.6 Å². The third-order valence-corrected chi connectivity index (χ3v) is 6.42. The molecule has 0 bridgehead atoms. The summed E-state index contributed by atoms with van der Waals surface area (Å²) in [6, 6.07) is 13.4. The molecule has 0 saturated carbocycles. The minimum atomic E-state index is -0.291. The van der Waals surface area contributed by atoms with E-state index in [-0.39, 0.29) is 38.2 Å². The van der Waals surface area contributed by atoms with Crippen LogP contribution >= 0.6 is 0 Å². The standard InChI is InChI=1S/C27H38N6O3.CH4/c1-5-6-9-14-29-25(34)18-32(24-15-21(13-12-20(24)2)27(36)30-28-3)19-26(35)31(4)33-16-22-10-7-8-11-23(22)17-33;/h7-8,10-13,15,28H,5-6,9,14,16-19H2,1-4H3,(H,29,34)(H,30,36);1H4. The fourth-order valence-electron chi connectivity index (χ4n) is 4.29. The third-order valence-electron chi connectivity index (χ3n) is 6.42. The number of rotatable bonds is 12. The molecular formula is C28H42N6O3. The molecule has 9 heteroatoms. The molecule has 1 aliphatic rings. The molecule has 202 valence electrons. The lowest BCUT2D eigenvalue weighted by molar-refractivity contribution is -0.145. The van der Waals surface area contributed by atoms with Crippen molar-refractivity contribution in [3.8, 4) is 0 Å². The van der Waals surface area contributed by atoms with Gasteiger partial charge in [-0.1, -0.05) is 57.5 Å². The van der Waals surface area contributed by atoms with Gasteiger partial charge in [0.05, 0.1) is 13.1 Å². The quantitative estimate of drug-likeness (QED) is 0.300. The molecule has 1 aliphatic heterocycles. The van der Waals surface area contributed by atoms with E-state index in [0.717, 1.165) is 24.8 Å². The largest absolute Gasteiger partial charge is 0.355 e. The number of anilines is 1. The molecular weight excluding hydrogens is 468 g/mol. The second kappa shape index (κ2) is 14.3. The number of amides is 3. The Kier molecular flexibility index (Phi) is 11.6. The van der Waals surface area contributed by atoms with Gasteiger partial charge in [-0.3, -0.25) is 24.8 Å². The van der Waals surface area contributed by atoms with E-state index < -0.39 is 0 Å². The van der Waals surface area contributed by atoms with Gasteiger partial charge in [0, 0.05) is 45.0 Å². The smallest absolute Gasteiger partial charge is 0.265 e. The van der Waals surface area contributed by atoms with E-state index in [0.29, 0.717) is 30.9 Å². The van der Waals surface area contributed by atoms with Crippen LogP contribution in [0.25, 0.3) is 0 Å². The van der Waals surface area contributed by atoms with E-state index in [9.17, 15) is 14.4 Å². The molecule has 0 saturated heterocycles. The SMILES string of the molecule is C.CCCCCNC(=O)CN(CC(=O)N(C)N1Cc2ccccc2C1)c1cc(C(=O)NNC)ccc1C. The zero-order valence-corrected chi connectivity index (χ0v) is 21.8. The number of carbonyl (C=O) groups excluding carboxylic acids is 3. The molecule has 3 rings (SSSR count). The topological polar surface area (TPSA) is 97.0 Å². The summed E-state index contributed by atoms with van der Waals surface area (Å²) in [7, 11) is 3.38. The van der Waals surface area contributed by atoms with E-state index in [1.807, 2.05) is 30.1 Å². The minimum absolute atomic E-state index is 0. The van der Waals surface area contributed by atoms with Crippen LogP contribution < -0.4 is 21.1 Å². The average Bonchev–Trinajstić information content (AvgIpc) is 3.30. The van der Waals surface area contributed by atoms with Crippen molar-refractivity contribution < 1.29 is 14.4 Å². The zero-order valence-electron chi connectivity index (χ0n) is 21.8. The van der Waals surface area contributed by atoms with Gasteiger partial charge in [-0.25, -0.2) is 10.4 Å². The fourth-order valence-corrected chi connectivity index (χ4v) is 4.29. The number of hydrazine groups is 2. The number of nitrogens with one attached hydrogen (secondary N) is 3. The number of carbonyl (C=O) groups is 3. The lowest BCUT2D eigenvalue weighted by Crippen LogP contribution is -2.48. The van der Waals surface area contributed by atoms with Crippen molar-refractivity contribution in [2.24, 2.45) is 0 Å². The molecule has 0 spiro atoms. The maximum absolute atomic E-state index is 13.4. The van der Waals surface area contributed by atoms with Crippen LogP contribution in [0.1, 0.15) is 60.7 Å². The van der Waals surface area contributed by atoms with Gasteiger partial charge in [0.25, 0.3) is 11.8 Å². The van der Waals surface area contributed by atoms with Crippen LogP contribution in [-0.2, 0) is 22.7 Å². The normalized spacial score (nSPS) is 12.3. The molecule has 0 unspecified atom stereocenters. The van der Waals surface area contributed by atoms with Crippen molar-refractivity contribution in [3.05, 3.63) is 64.7 Å². The number of aryl methyl sites for hydroxylation is 1. The number of benzene rings is 2. The summed E-state index contributed by atoms with van der Waals surface area (Å²) in [6.45, 7) is 5.97. The Hall–Kier alpha value is -3.43. The van der Waals surface area contributed by atoms with E-state index in [1.165, 1.54) is 11.1 Å². The number of nitrogens with zero attached hydrogens (tertiary/aromatic N) is 3. The number of hydrogen-bond donors (Lipinski definition) is 3. The second-order valence-corrected chi connectivity index (χ2v) is 9.13. The number of unbranched alkanes of at least 4 members (excludes halogenated alkanes) is 2. The Labute approximate surface area is 221 Å². The summed E-state index contributed by atoms with van der Waals surface area (Å²) in [5.41, 5.74) is 9.61. The predicted molar refractivity (Wildman–Crippen MR) is 148 cm³/mol. The van der Waals surface area contributed by atoms with Gasteiger partial charge >= 0.3 is 0 Å². The van der Waals surface area contributed by atoms with Gasteiger partial charge < -0.3 is 10.2 Å². The Morgan fingerprint density at radius 3 is 2.30 bits per heavy atom. The van der Waals surface area contributed by atoms with Gasteiger partial charge in [-0.2, -0.15) is 0 Å². The summed E-state index contributed by atoms with van der Waals surface area (Å²) >= 11 is 0. The van der Waals surface area contributed by atoms with Crippen molar-refractivity contribution in [2.45, 2.75) is 53.6 Å². The van der Waals surface area contributed by atoms with Crippen molar-refractivity contribution in [3.63, 3.8) is 0 Å². The molecule has 3 N–H and O–H groups in total. The fraction of sp³-hybridized carbons (Fsp3) is 0.464. The van der Waals surface area contributed by atoms with Crippen LogP contribution in [-0.4, -0.2) is 61.5 Å². The van der Waals surface area contributed by atoms with Gasteiger partial charge in [0.15, 0.2) is 0 Å². The van der Waals surface area contributed by atoms with Crippen LogP contribution in [0.5, 0.6) is 0 Å². The lowest BCUT2D eigenvalue weighted by Gasteiger charge is -2.32. The Bertz CT molecular complexity index is 1050. The molecule has 37 heavy (non-hydrogen) atoms. The molecule has 2 aromatic carbocycles. The average molecular weight is 511 g/mol. The van der Waals surface area contributed by atoms with E-state index >= 15 is 0 Å². The highest BCUT2D eigenvalue weighted by Gasteiger charge is 2.27. The highest BCUT2D eigenvalue weighted by molar-refractivity contribution is 5.95. The molecule has 1 heterocycles. The molecule has 0 aliphatic carbocycles. The molecule has 3 amide bonds.